The fourth-order valence-electron chi connectivity index (χ4n) is 8.84. The SMILES string of the molecule is Cn1nccc1-c1cc(C(F)(F)F)ccc1[C@@H]1CCOc2cc(S(=O)(=O)Nc3cccnc3F)ccc21.Cn1nccc1-c1cc(C(F)(F)F)ccc1[C@H]1CCOc2cc(S(=O)(=O)Nc3cccnc3F)ccc21. The van der Waals surface area contributed by atoms with Crippen LogP contribution in [0.25, 0.3) is 22.5 Å². The number of hydrogen-bond donors (Lipinski definition) is 2. The molecule has 0 spiro atoms. The maximum absolute atomic E-state index is 13.9. The molecule has 2 aliphatic rings. The van der Waals surface area contributed by atoms with Gasteiger partial charge in [-0.3, -0.25) is 18.8 Å². The van der Waals surface area contributed by atoms with Crippen LogP contribution in [0.15, 0.2) is 144 Å². The van der Waals surface area contributed by atoms with Gasteiger partial charge in [0.15, 0.2) is 0 Å². The van der Waals surface area contributed by atoms with Crippen molar-refractivity contribution in [2.24, 2.45) is 14.1 Å². The summed E-state index contributed by atoms with van der Waals surface area (Å²) in [4.78, 5) is 6.55. The average molecular weight is 1070 g/mol. The lowest BCUT2D eigenvalue weighted by Crippen LogP contribution is -2.19. The second-order valence-corrected chi connectivity index (χ2v) is 20.3. The van der Waals surface area contributed by atoms with Gasteiger partial charge in [0.05, 0.1) is 45.5 Å². The molecule has 2 N–H and O–H groups in total. The summed E-state index contributed by atoms with van der Waals surface area (Å²) in [6.07, 6.45) is -2.71. The molecule has 0 saturated heterocycles. The van der Waals surface area contributed by atoms with Gasteiger partial charge < -0.3 is 9.47 Å². The van der Waals surface area contributed by atoms with Crippen LogP contribution in [-0.4, -0.2) is 59.6 Å². The lowest BCUT2D eigenvalue weighted by molar-refractivity contribution is -0.138. The van der Waals surface area contributed by atoms with Crippen LogP contribution >= 0.6 is 0 Å². The summed E-state index contributed by atoms with van der Waals surface area (Å²) in [5.74, 6) is -2.10. The smallest absolute Gasteiger partial charge is 0.416 e. The quantitative estimate of drug-likeness (QED) is 0.0992. The predicted molar refractivity (Wildman–Crippen MR) is 254 cm³/mol. The van der Waals surface area contributed by atoms with Crippen molar-refractivity contribution in [3.63, 3.8) is 0 Å². The molecule has 384 valence electrons. The van der Waals surface area contributed by atoms with E-state index in [0.29, 0.717) is 57.6 Å². The Morgan fingerprint density at radius 3 is 1.27 bits per heavy atom. The van der Waals surface area contributed by atoms with Crippen LogP contribution in [0.3, 0.4) is 0 Å². The zero-order valence-corrected chi connectivity index (χ0v) is 40.3. The van der Waals surface area contributed by atoms with E-state index in [1.165, 1.54) is 94.8 Å². The Balaban J connectivity index is 0.000000182. The van der Waals surface area contributed by atoms with Crippen molar-refractivity contribution in [1.82, 2.24) is 29.5 Å². The van der Waals surface area contributed by atoms with Gasteiger partial charge in [-0.05, 0) is 96.8 Å². The molecule has 74 heavy (non-hydrogen) atoms. The number of anilines is 2. The molecular weight excluding hydrogens is 1020 g/mol. The van der Waals surface area contributed by atoms with Crippen molar-refractivity contribution in [3.05, 3.63) is 179 Å². The van der Waals surface area contributed by atoms with Crippen LogP contribution in [-0.2, 0) is 46.5 Å². The zero-order valence-electron chi connectivity index (χ0n) is 38.7. The Kier molecular flexibility index (Phi) is 13.7. The molecule has 8 aromatic rings. The normalized spacial score (nSPS) is 15.6. The van der Waals surface area contributed by atoms with Crippen LogP contribution < -0.4 is 18.9 Å². The molecule has 2 aliphatic heterocycles. The monoisotopic (exact) mass is 1060 g/mol. The Morgan fingerprint density at radius 1 is 0.527 bits per heavy atom. The molecular formula is C50H40F8N8O6S2. The highest BCUT2D eigenvalue weighted by atomic mass is 32.2. The van der Waals surface area contributed by atoms with Gasteiger partial charge in [-0.25, -0.2) is 26.8 Å². The number of alkyl halides is 6. The third-order valence-corrected chi connectivity index (χ3v) is 15.1. The minimum Gasteiger partial charge on any atom is -0.493 e. The van der Waals surface area contributed by atoms with Crippen molar-refractivity contribution < 1.29 is 61.4 Å². The molecule has 0 saturated carbocycles. The van der Waals surface area contributed by atoms with Gasteiger partial charge in [0.2, 0.25) is 11.9 Å². The molecule has 0 radical (unpaired) electrons. The number of rotatable bonds is 10. The highest BCUT2D eigenvalue weighted by Gasteiger charge is 2.36. The van der Waals surface area contributed by atoms with Gasteiger partial charge in [0.25, 0.3) is 20.0 Å². The molecule has 4 aromatic carbocycles. The largest absolute Gasteiger partial charge is 0.493 e. The fourth-order valence-corrected chi connectivity index (χ4v) is 11.0. The Hall–Kier alpha value is -7.86. The summed E-state index contributed by atoms with van der Waals surface area (Å²) < 4.78 is 179. The summed E-state index contributed by atoms with van der Waals surface area (Å²) in [5.41, 5.74) is 2.11. The van der Waals surface area contributed by atoms with Gasteiger partial charge in [-0.2, -0.15) is 45.3 Å². The van der Waals surface area contributed by atoms with Crippen molar-refractivity contribution in [2.45, 2.75) is 46.8 Å². The van der Waals surface area contributed by atoms with Crippen LogP contribution in [0, 0.1) is 11.9 Å². The topological polar surface area (TPSA) is 172 Å². The summed E-state index contributed by atoms with van der Waals surface area (Å²) in [6.45, 7) is 0.440. The van der Waals surface area contributed by atoms with E-state index in [4.69, 9.17) is 9.47 Å². The van der Waals surface area contributed by atoms with E-state index < -0.39 is 55.4 Å². The summed E-state index contributed by atoms with van der Waals surface area (Å²) >= 11 is 0. The number of benzene rings is 4. The predicted octanol–water partition coefficient (Wildman–Crippen LogP) is 10.7. The number of aromatic nitrogens is 6. The lowest BCUT2D eigenvalue weighted by atomic mass is 9.83. The summed E-state index contributed by atoms with van der Waals surface area (Å²) in [7, 11) is -5.05. The van der Waals surface area contributed by atoms with E-state index in [1.54, 1.807) is 38.4 Å². The number of sulfonamides is 2. The highest BCUT2D eigenvalue weighted by molar-refractivity contribution is 7.93. The molecule has 24 heteroatoms. The number of fused-ring (bicyclic) bond motifs is 2. The molecule has 14 nitrogen and oxygen atoms in total. The van der Waals surface area contributed by atoms with Gasteiger partial charge >= 0.3 is 12.4 Å². The molecule has 0 fully saturated rings. The number of ether oxygens (including phenoxy) is 2. The minimum atomic E-state index is -4.52. The van der Waals surface area contributed by atoms with E-state index in [0.717, 1.165) is 24.3 Å². The van der Waals surface area contributed by atoms with Gasteiger partial charge in [0.1, 0.15) is 22.9 Å². The third-order valence-electron chi connectivity index (χ3n) is 12.4. The molecule has 6 heterocycles. The third kappa shape index (κ3) is 10.5. The van der Waals surface area contributed by atoms with Crippen molar-refractivity contribution >= 4 is 31.4 Å². The van der Waals surface area contributed by atoms with Crippen molar-refractivity contribution in [3.8, 4) is 34.0 Å². The van der Waals surface area contributed by atoms with Crippen molar-refractivity contribution in [1.29, 1.82) is 0 Å². The Morgan fingerprint density at radius 2 is 0.919 bits per heavy atom. The molecule has 0 bridgehead atoms. The van der Waals surface area contributed by atoms with E-state index in [9.17, 15) is 52.0 Å². The maximum Gasteiger partial charge on any atom is 0.416 e. The number of nitrogens with zero attached hydrogens (tertiary/aromatic N) is 6. The van der Waals surface area contributed by atoms with Gasteiger partial charge in [0, 0.05) is 85.1 Å². The van der Waals surface area contributed by atoms with Crippen LogP contribution in [0.4, 0.5) is 46.5 Å². The van der Waals surface area contributed by atoms with Crippen molar-refractivity contribution in [2.75, 3.05) is 22.7 Å². The molecule has 2 atom stereocenters. The highest BCUT2D eigenvalue weighted by Crippen LogP contribution is 2.46. The van der Waals surface area contributed by atoms with Gasteiger partial charge in [-0.1, -0.05) is 24.3 Å². The van der Waals surface area contributed by atoms with E-state index >= 15 is 0 Å². The fraction of sp³-hybridized carbons (Fsp3) is 0.200. The number of halogens is 8. The molecule has 4 aromatic heterocycles. The van der Waals surface area contributed by atoms with E-state index in [1.807, 2.05) is 0 Å². The Bertz CT molecular complexity index is 3410. The number of hydrogen-bond acceptors (Lipinski definition) is 10. The summed E-state index contributed by atoms with van der Waals surface area (Å²) in [5, 5.41) is 8.20. The number of nitrogens with one attached hydrogen (secondary N) is 2. The number of aryl methyl sites for hydroxylation is 2. The average Bonchev–Trinajstić information content (AvgIpc) is 4.01. The Labute approximate surface area is 417 Å². The lowest BCUT2D eigenvalue weighted by Gasteiger charge is -2.29. The van der Waals surface area contributed by atoms with Gasteiger partial charge in [-0.15, -0.1) is 0 Å². The minimum absolute atomic E-state index is 0.158. The van der Waals surface area contributed by atoms with Crippen LogP contribution in [0.5, 0.6) is 11.5 Å². The van der Waals surface area contributed by atoms with E-state index in [2.05, 4.69) is 29.6 Å². The standard InChI is InChI=1S/2C25H20F4N4O3S/c2*1-33-22(8-11-31-33)20-13-15(25(27,28)29)4-6-17(20)18-9-12-36-23-14-16(5-7-19(18)23)37(34,35)32-21-3-2-10-30-24(21)26/h2*2-8,10-11,13-14,18,32H,9,12H2,1H3/t2*18-/m10/s1. The second kappa shape index (κ2) is 19.9. The maximum atomic E-state index is 13.9. The first-order valence-corrected chi connectivity index (χ1v) is 25.2. The van der Waals surface area contributed by atoms with Crippen LogP contribution in [0.1, 0.15) is 58.1 Å². The zero-order chi connectivity index (χ0) is 52.7. The summed E-state index contributed by atoms with van der Waals surface area (Å²) in [6, 6.07) is 24.2. The molecule has 0 aliphatic carbocycles. The second-order valence-electron chi connectivity index (χ2n) is 17.0. The number of pyridine rings is 2. The van der Waals surface area contributed by atoms with E-state index in [-0.39, 0.29) is 57.7 Å². The first-order chi connectivity index (χ1) is 35.1. The first-order valence-electron chi connectivity index (χ1n) is 22.3. The molecule has 0 amide bonds. The first kappa shape index (κ1) is 51.1. The molecule has 0 unspecified atom stereocenters. The molecule has 10 rings (SSSR count). The van der Waals surface area contributed by atoms with Crippen LogP contribution in [0.2, 0.25) is 0 Å².